The summed E-state index contributed by atoms with van der Waals surface area (Å²) in [6.45, 7) is 5.91. The van der Waals surface area contributed by atoms with Gasteiger partial charge in [0.25, 0.3) is 5.91 Å². The van der Waals surface area contributed by atoms with E-state index in [-0.39, 0.29) is 11.9 Å². The molecule has 0 bridgehead atoms. The third-order valence-corrected chi connectivity index (χ3v) is 4.63. The molecule has 0 spiro atoms. The Labute approximate surface area is 165 Å². The van der Waals surface area contributed by atoms with Crippen LogP contribution in [0.1, 0.15) is 34.2 Å². The number of amides is 1. The summed E-state index contributed by atoms with van der Waals surface area (Å²) in [7, 11) is 1.58. The summed E-state index contributed by atoms with van der Waals surface area (Å²) in [4.78, 5) is 25.4. The molecule has 3 rings (SSSR count). The van der Waals surface area contributed by atoms with E-state index in [2.05, 4.69) is 20.3 Å². The second-order valence-corrected chi connectivity index (χ2v) is 6.77. The molecule has 0 aliphatic carbocycles. The first-order valence-corrected chi connectivity index (χ1v) is 9.17. The zero-order valence-corrected chi connectivity index (χ0v) is 16.6. The van der Waals surface area contributed by atoms with Crippen molar-refractivity contribution in [3.63, 3.8) is 0 Å². The van der Waals surface area contributed by atoms with Crippen LogP contribution in [0.5, 0.6) is 5.88 Å². The Morgan fingerprint density at radius 1 is 1.11 bits per heavy atom. The molecular formula is C22H24N4O2. The molecule has 2 aromatic heterocycles. The van der Waals surface area contributed by atoms with Gasteiger partial charge in [0.05, 0.1) is 18.4 Å². The van der Waals surface area contributed by atoms with Gasteiger partial charge in [-0.1, -0.05) is 18.2 Å². The highest BCUT2D eigenvalue weighted by Crippen LogP contribution is 2.30. The van der Waals surface area contributed by atoms with Crippen LogP contribution in [0.4, 0.5) is 0 Å². The zero-order valence-electron chi connectivity index (χ0n) is 16.6. The molecule has 0 aliphatic rings. The second-order valence-electron chi connectivity index (χ2n) is 6.77. The average Bonchev–Trinajstić information content (AvgIpc) is 2.69. The Kier molecular flexibility index (Phi) is 5.99. The van der Waals surface area contributed by atoms with E-state index >= 15 is 0 Å². The van der Waals surface area contributed by atoms with Crippen molar-refractivity contribution in [3.8, 4) is 17.0 Å². The van der Waals surface area contributed by atoms with Gasteiger partial charge in [-0.15, -0.1) is 0 Å². The van der Waals surface area contributed by atoms with E-state index in [0.29, 0.717) is 17.9 Å². The molecule has 3 aromatic rings. The van der Waals surface area contributed by atoms with Crippen LogP contribution < -0.4 is 10.1 Å². The molecule has 28 heavy (non-hydrogen) atoms. The maximum Gasteiger partial charge on any atom is 0.251 e. The summed E-state index contributed by atoms with van der Waals surface area (Å²) in [6, 6.07) is 11.3. The van der Waals surface area contributed by atoms with E-state index in [4.69, 9.17) is 4.74 Å². The van der Waals surface area contributed by atoms with E-state index < -0.39 is 0 Å². The average molecular weight is 376 g/mol. The molecule has 6 nitrogen and oxygen atoms in total. The molecule has 0 saturated heterocycles. The number of methoxy groups -OCH3 is 1. The lowest BCUT2D eigenvalue weighted by Crippen LogP contribution is -2.34. The molecule has 2 heterocycles. The Bertz CT molecular complexity index is 971. The SMILES string of the molecule is COc1ncnc(C)c1-c1ccc(C(=O)N[C@H](C)Cc2ncccc2C)cc1. The maximum atomic E-state index is 12.6. The Morgan fingerprint density at radius 2 is 1.86 bits per heavy atom. The van der Waals surface area contributed by atoms with Gasteiger partial charge in [-0.05, 0) is 50.1 Å². The number of rotatable bonds is 6. The molecule has 1 N–H and O–H groups in total. The number of pyridine rings is 1. The van der Waals surface area contributed by atoms with Gasteiger partial charge in [-0.3, -0.25) is 9.78 Å². The van der Waals surface area contributed by atoms with Crippen LogP contribution in [0.2, 0.25) is 0 Å². The predicted molar refractivity (Wildman–Crippen MR) is 108 cm³/mol. The van der Waals surface area contributed by atoms with Gasteiger partial charge in [-0.25, -0.2) is 9.97 Å². The Morgan fingerprint density at radius 3 is 2.54 bits per heavy atom. The smallest absolute Gasteiger partial charge is 0.251 e. The van der Waals surface area contributed by atoms with Gasteiger partial charge >= 0.3 is 0 Å². The lowest BCUT2D eigenvalue weighted by Gasteiger charge is -2.15. The van der Waals surface area contributed by atoms with Crippen molar-refractivity contribution >= 4 is 5.91 Å². The molecular weight excluding hydrogens is 352 g/mol. The number of carbonyl (C=O) groups excluding carboxylic acids is 1. The highest BCUT2D eigenvalue weighted by Gasteiger charge is 2.14. The van der Waals surface area contributed by atoms with Gasteiger partial charge in [-0.2, -0.15) is 0 Å². The number of nitrogens with zero attached hydrogens (tertiary/aromatic N) is 3. The van der Waals surface area contributed by atoms with Crippen LogP contribution in [0.15, 0.2) is 48.9 Å². The van der Waals surface area contributed by atoms with Gasteiger partial charge in [0.2, 0.25) is 5.88 Å². The topological polar surface area (TPSA) is 77.0 Å². The summed E-state index contributed by atoms with van der Waals surface area (Å²) in [5, 5.41) is 3.04. The van der Waals surface area contributed by atoms with Crippen molar-refractivity contribution in [2.24, 2.45) is 0 Å². The monoisotopic (exact) mass is 376 g/mol. The molecule has 1 aromatic carbocycles. The minimum Gasteiger partial charge on any atom is -0.480 e. The largest absolute Gasteiger partial charge is 0.480 e. The van der Waals surface area contributed by atoms with E-state index in [1.54, 1.807) is 25.4 Å². The Hall–Kier alpha value is -3.28. The molecule has 0 fully saturated rings. The van der Waals surface area contributed by atoms with Crippen molar-refractivity contribution in [1.82, 2.24) is 20.3 Å². The number of carbonyl (C=O) groups is 1. The summed E-state index contributed by atoms with van der Waals surface area (Å²) in [5.74, 6) is 0.407. The minimum atomic E-state index is -0.111. The van der Waals surface area contributed by atoms with E-state index in [1.807, 2.05) is 45.0 Å². The maximum absolute atomic E-state index is 12.6. The van der Waals surface area contributed by atoms with Crippen molar-refractivity contribution in [3.05, 3.63) is 71.4 Å². The number of hydrogen-bond donors (Lipinski definition) is 1. The molecule has 0 unspecified atom stereocenters. The number of aryl methyl sites for hydroxylation is 2. The molecule has 144 valence electrons. The van der Waals surface area contributed by atoms with Crippen LogP contribution in [0.3, 0.4) is 0 Å². The summed E-state index contributed by atoms with van der Waals surface area (Å²) in [5.41, 5.74) is 5.28. The van der Waals surface area contributed by atoms with Gasteiger partial charge in [0.15, 0.2) is 0 Å². The van der Waals surface area contributed by atoms with E-state index in [9.17, 15) is 4.79 Å². The first-order chi connectivity index (χ1) is 13.5. The van der Waals surface area contributed by atoms with E-state index in [1.165, 1.54) is 6.33 Å². The highest BCUT2D eigenvalue weighted by atomic mass is 16.5. The third-order valence-electron chi connectivity index (χ3n) is 4.63. The quantitative estimate of drug-likeness (QED) is 0.712. The van der Waals surface area contributed by atoms with Gasteiger partial charge in [0.1, 0.15) is 6.33 Å². The second kappa shape index (κ2) is 8.61. The van der Waals surface area contributed by atoms with Crippen molar-refractivity contribution < 1.29 is 9.53 Å². The molecule has 6 heteroatoms. The molecule has 0 saturated carbocycles. The number of benzene rings is 1. The summed E-state index contributed by atoms with van der Waals surface area (Å²) < 4.78 is 5.34. The normalized spacial score (nSPS) is 11.7. The molecule has 0 aliphatic heterocycles. The fourth-order valence-electron chi connectivity index (χ4n) is 3.11. The van der Waals surface area contributed by atoms with Crippen LogP contribution in [-0.2, 0) is 6.42 Å². The van der Waals surface area contributed by atoms with Gasteiger partial charge in [0, 0.05) is 29.9 Å². The first-order valence-electron chi connectivity index (χ1n) is 9.17. The van der Waals surface area contributed by atoms with Crippen LogP contribution in [-0.4, -0.2) is 34.0 Å². The number of aromatic nitrogens is 3. The predicted octanol–water partition coefficient (Wildman–Crippen LogP) is 3.53. The van der Waals surface area contributed by atoms with Crippen molar-refractivity contribution in [2.75, 3.05) is 7.11 Å². The van der Waals surface area contributed by atoms with Crippen molar-refractivity contribution in [2.45, 2.75) is 33.2 Å². The number of ether oxygens (including phenoxy) is 1. The van der Waals surface area contributed by atoms with Crippen LogP contribution >= 0.6 is 0 Å². The molecule has 1 amide bonds. The fraction of sp³-hybridized carbons (Fsp3) is 0.273. The van der Waals surface area contributed by atoms with Crippen LogP contribution in [0, 0.1) is 13.8 Å². The van der Waals surface area contributed by atoms with Crippen molar-refractivity contribution in [1.29, 1.82) is 0 Å². The standard InChI is InChI=1S/C22H24N4O2/c1-14-6-5-11-23-19(14)12-15(2)26-21(27)18-9-7-17(8-10-18)20-16(3)24-13-25-22(20)28-4/h5-11,13,15H,12H2,1-4H3,(H,26,27)/t15-/m1/s1. The zero-order chi connectivity index (χ0) is 20.1. The first kappa shape index (κ1) is 19.5. The lowest BCUT2D eigenvalue weighted by molar-refractivity contribution is 0.0940. The highest BCUT2D eigenvalue weighted by molar-refractivity contribution is 5.95. The van der Waals surface area contributed by atoms with E-state index in [0.717, 1.165) is 28.1 Å². The summed E-state index contributed by atoms with van der Waals surface area (Å²) in [6.07, 6.45) is 3.94. The number of hydrogen-bond acceptors (Lipinski definition) is 5. The molecule has 0 radical (unpaired) electrons. The fourth-order valence-corrected chi connectivity index (χ4v) is 3.11. The molecule has 1 atom stereocenters. The van der Waals surface area contributed by atoms with Gasteiger partial charge < -0.3 is 10.1 Å². The number of nitrogens with one attached hydrogen (secondary N) is 1. The summed E-state index contributed by atoms with van der Waals surface area (Å²) >= 11 is 0. The van der Waals surface area contributed by atoms with Crippen LogP contribution in [0.25, 0.3) is 11.1 Å². The Balaban J connectivity index is 1.71. The lowest BCUT2D eigenvalue weighted by atomic mass is 10.0. The minimum absolute atomic E-state index is 0.0226. The third kappa shape index (κ3) is 4.34.